The second-order valence-electron chi connectivity index (χ2n) is 10.7. The van der Waals surface area contributed by atoms with E-state index < -0.39 is 5.92 Å². The first-order chi connectivity index (χ1) is 17.1. The summed E-state index contributed by atoms with van der Waals surface area (Å²) >= 11 is 0. The van der Waals surface area contributed by atoms with Crippen LogP contribution >= 0.6 is 0 Å². The van der Waals surface area contributed by atoms with Gasteiger partial charge in [0.25, 0.3) is 0 Å². The van der Waals surface area contributed by atoms with E-state index in [0.717, 1.165) is 22.8 Å². The molecular weight excluding hydrogens is 444 g/mol. The maximum absolute atomic E-state index is 13.6. The van der Waals surface area contributed by atoms with Gasteiger partial charge in [-0.25, -0.2) is 0 Å². The lowest BCUT2D eigenvalue weighted by Gasteiger charge is -2.29. The summed E-state index contributed by atoms with van der Waals surface area (Å²) in [6, 6.07) is 20.6. The minimum absolute atomic E-state index is 0.124. The van der Waals surface area contributed by atoms with Crippen LogP contribution < -0.4 is 4.90 Å². The molecule has 0 spiro atoms. The molecule has 2 aromatic carbocycles. The normalized spacial score (nSPS) is 21.6. The van der Waals surface area contributed by atoms with Gasteiger partial charge in [0.05, 0.1) is 17.6 Å². The molecule has 0 saturated heterocycles. The zero-order chi connectivity index (χ0) is 26.0. The van der Waals surface area contributed by atoms with Crippen molar-refractivity contribution in [1.29, 1.82) is 10.5 Å². The lowest BCUT2D eigenvalue weighted by molar-refractivity contribution is -0.401. The maximum Gasteiger partial charge on any atom is 0.209 e. The molecule has 0 amide bonds. The second kappa shape index (κ2) is 7.90. The number of allylic oxidation sites excluding steroid dienone is 6. The van der Waals surface area contributed by atoms with Crippen LogP contribution in [0.5, 0.6) is 0 Å². The van der Waals surface area contributed by atoms with Gasteiger partial charge in [-0.2, -0.15) is 15.1 Å². The van der Waals surface area contributed by atoms with Gasteiger partial charge >= 0.3 is 0 Å². The fraction of sp³-hybridized carbons (Fsp3) is 0.290. The van der Waals surface area contributed by atoms with Crippen LogP contribution in [-0.4, -0.2) is 30.2 Å². The number of benzene rings is 2. The molecule has 5 nitrogen and oxygen atoms in total. The van der Waals surface area contributed by atoms with Crippen molar-refractivity contribution in [2.75, 3.05) is 19.0 Å². The van der Waals surface area contributed by atoms with Crippen LogP contribution in [0.1, 0.15) is 38.8 Å². The molecule has 2 aliphatic heterocycles. The molecule has 0 atom stereocenters. The average Bonchev–Trinajstić information content (AvgIpc) is 3.18. The highest BCUT2D eigenvalue weighted by Gasteiger charge is 2.47. The van der Waals surface area contributed by atoms with E-state index in [1.807, 2.05) is 50.5 Å². The summed E-state index contributed by atoms with van der Waals surface area (Å²) in [5, 5.41) is 19.6. The van der Waals surface area contributed by atoms with Crippen LogP contribution in [-0.2, 0) is 15.6 Å². The minimum Gasteiger partial charge on any atom is -0.347 e. The third-order valence-electron chi connectivity index (χ3n) is 8.06. The first-order valence-electron chi connectivity index (χ1n) is 12.1. The Morgan fingerprint density at radius 2 is 1.53 bits per heavy atom. The minimum atomic E-state index is -1.02. The van der Waals surface area contributed by atoms with Crippen LogP contribution in [0.25, 0.3) is 0 Å². The summed E-state index contributed by atoms with van der Waals surface area (Å²) < 4.78 is 2.10. The Hall–Kier alpha value is -4.22. The molecule has 5 rings (SSSR count). The molecule has 3 aliphatic rings. The fourth-order valence-electron chi connectivity index (χ4n) is 6.02. The van der Waals surface area contributed by atoms with Gasteiger partial charge in [0, 0.05) is 58.3 Å². The highest BCUT2D eigenvalue weighted by Crippen LogP contribution is 2.49. The summed E-state index contributed by atoms with van der Waals surface area (Å²) in [5.74, 6) is -1.14. The quantitative estimate of drug-likeness (QED) is 0.438. The van der Waals surface area contributed by atoms with Gasteiger partial charge in [-0.15, -0.1) is 0 Å². The number of carbonyl (C=O) groups excluding carboxylic acids is 1. The van der Waals surface area contributed by atoms with E-state index in [0.29, 0.717) is 16.7 Å². The van der Waals surface area contributed by atoms with E-state index in [2.05, 4.69) is 73.6 Å². The number of likely N-dealkylation sites (N-methyl/N-ethyl adjacent to an activating group) is 1. The van der Waals surface area contributed by atoms with E-state index in [1.165, 1.54) is 11.1 Å². The molecule has 0 bridgehead atoms. The lowest BCUT2D eigenvalue weighted by atomic mass is 9.71. The molecule has 2 aromatic rings. The summed E-state index contributed by atoms with van der Waals surface area (Å²) in [5.41, 5.74) is 7.29. The van der Waals surface area contributed by atoms with Crippen molar-refractivity contribution in [2.45, 2.75) is 38.5 Å². The zero-order valence-electron chi connectivity index (χ0n) is 21.5. The molecule has 0 aromatic heterocycles. The number of carbonyl (C=O) groups is 1. The van der Waals surface area contributed by atoms with Crippen molar-refractivity contribution in [3.8, 4) is 12.1 Å². The van der Waals surface area contributed by atoms with E-state index in [1.54, 1.807) is 0 Å². The second-order valence-corrected chi connectivity index (χ2v) is 10.7. The molecule has 2 heterocycles. The smallest absolute Gasteiger partial charge is 0.209 e. The Balaban J connectivity index is 1.67. The molecule has 5 heteroatoms. The van der Waals surface area contributed by atoms with E-state index >= 15 is 0 Å². The molecule has 1 aliphatic carbocycles. The lowest BCUT2D eigenvalue weighted by Crippen LogP contribution is -2.32. The van der Waals surface area contributed by atoms with E-state index in [9.17, 15) is 15.3 Å². The molecule has 0 saturated carbocycles. The first-order valence-corrected chi connectivity index (χ1v) is 12.1. The number of nitrogens with zero attached hydrogens (tertiary/aromatic N) is 4. The van der Waals surface area contributed by atoms with Crippen molar-refractivity contribution in [2.24, 2.45) is 5.92 Å². The molecule has 178 valence electrons. The van der Waals surface area contributed by atoms with Gasteiger partial charge in [-0.1, -0.05) is 50.2 Å². The standard InChI is InChI=1S/C31H29N4O/c1-30(2)22-11-7-9-13-24(22)34(5)26(30)15-20-28(19(17-32)18-33)21(29(20)36)16-27-31(3,4)23-12-8-10-14-25(23)35(27)6/h7-16,19H,1-6H3/q+1. The molecule has 0 N–H and O–H groups in total. The van der Waals surface area contributed by atoms with Crippen LogP contribution in [0.2, 0.25) is 0 Å². The van der Waals surface area contributed by atoms with Gasteiger partial charge in [0.15, 0.2) is 17.4 Å². The number of rotatable bonds is 3. The van der Waals surface area contributed by atoms with Crippen molar-refractivity contribution in [3.63, 3.8) is 0 Å². The van der Waals surface area contributed by atoms with Crippen molar-refractivity contribution in [1.82, 2.24) is 0 Å². The maximum atomic E-state index is 13.6. The molecule has 0 radical (unpaired) electrons. The van der Waals surface area contributed by atoms with Gasteiger partial charge in [-0.3, -0.25) is 4.79 Å². The average molecular weight is 474 g/mol. The van der Waals surface area contributed by atoms with Crippen LogP contribution in [0, 0.1) is 28.6 Å². The number of hydrogen-bond donors (Lipinski definition) is 0. The van der Waals surface area contributed by atoms with Gasteiger partial charge in [0.1, 0.15) is 7.05 Å². The Morgan fingerprint density at radius 1 is 0.917 bits per heavy atom. The van der Waals surface area contributed by atoms with Crippen LogP contribution in [0.4, 0.5) is 11.4 Å². The Bertz CT molecular complexity index is 1540. The summed E-state index contributed by atoms with van der Waals surface area (Å²) in [6.07, 6.45) is 3.78. The fourth-order valence-corrected chi connectivity index (χ4v) is 6.02. The SMILES string of the molecule is CN1C(=CC2=C(C(C#N)C#N)C(=CC3=[N+](C)c4ccccc4C3(C)C)C2=O)C(C)(C)c2ccccc21. The predicted octanol–water partition coefficient (Wildman–Crippen LogP) is 5.47. The first kappa shape index (κ1) is 23.5. The number of fused-ring (bicyclic) bond motifs is 2. The molecule has 36 heavy (non-hydrogen) atoms. The zero-order valence-corrected chi connectivity index (χ0v) is 21.5. The largest absolute Gasteiger partial charge is 0.347 e. The number of nitriles is 2. The van der Waals surface area contributed by atoms with Crippen LogP contribution in [0.15, 0.2) is 83.1 Å². The summed E-state index contributed by atoms with van der Waals surface area (Å²) in [7, 11) is 3.99. The third-order valence-corrected chi connectivity index (χ3v) is 8.06. The molecule has 0 unspecified atom stereocenters. The topological polar surface area (TPSA) is 70.9 Å². The van der Waals surface area contributed by atoms with Crippen molar-refractivity contribution >= 4 is 22.9 Å². The monoisotopic (exact) mass is 473 g/mol. The number of hydrogen-bond acceptors (Lipinski definition) is 4. The predicted molar refractivity (Wildman–Crippen MR) is 141 cm³/mol. The Kier molecular flexibility index (Phi) is 5.16. The number of Topliss-reactive ketones (excluding diaryl/α,β-unsaturated/α-hetero) is 1. The third kappa shape index (κ3) is 3.06. The van der Waals surface area contributed by atoms with Crippen molar-refractivity contribution in [3.05, 3.63) is 94.2 Å². The summed E-state index contributed by atoms with van der Waals surface area (Å²) in [4.78, 5) is 15.7. The van der Waals surface area contributed by atoms with Gasteiger partial charge < -0.3 is 4.90 Å². The van der Waals surface area contributed by atoms with Crippen molar-refractivity contribution < 1.29 is 9.37 Å². The van der Waals surface area contributed by atoms with Gasteiger partial charge in [-0.05, 0) is 31.6 Å². The molecule has 0 fully saturated rings. The summed E-state index contributed by atoms with van der Waals surface area (Å²) in [6.45, 7) is 8.54. The highest BCUT2D eigenvalue weighted by molar-refractivity contribution is 6.25. The number of anilines is 1. The Morgan fingerprint density at radius 3 is 2.14 bits per heavy atom. The Labute approximate surface area is 212 Å². The molecular formula is C31H29N4O+. The van der Waals surface area contributed by atoms with Crippen LogP contribution in [0.3, 0.4) is 0 Å². The number of para-hydroxylation sites is 2. The van der Waals surface area contributed by atoms with E-state index in [4.69, 9.17) is 0 Å². The number of ketones is 1. The highest BCUT2D eigenvalue weighted by atomic mass is 16.1. The van der Waals surface area contributed by atoms with E-state index in [-0.39, 0.29) is 16.6 Å². The van der Waals surface area contributed by atoms with Gasteiger partial charge in [0.2, 0.25) is 5.69 Å².